The van der Waals surface area contributed by atoms with Gasteiger partial charge in [-0.3, -0.25) is 0 Å². The number of alkyl halides is 1. The Balaban J connectivity index is 1.93. The maximum atomic E-state index is 11.6. The van der Waals surface area contributed by atoms with Crippen LogP contribution in [0.15, 0.2) is 0 Å². The third-order valence-corrected chi connectivity index (χ3v) is 1.45. The molecule has 0 bridgehead atoms. The van der Waals surface area contributed by atoms with Crippen molar-refractivity contribution in [3.8, 4) is 0 Å². The van der Waals surface area contributed by atoms with Gasteiger partial charge in [-0.05, 0) is 0 Å². The summed E-state index contributed by atoms with van der Waals surface area (Å²) in [6.45, 7) is 1.03. The maximum Gasteiger partial charge on any atom is 0.118 e. The van der Waals surface area contributed by atoms with Crippen molar-refractivity contribution in [1.82, 2.24) is 5.32 Å². The molecule has 0 aromatic carbocycles. The Hall–Kier alpha value is -0.190. The van der Waals surface area contributed by atoms with Crippen LogP contribution in [-0.4, -0.2) is 43.7 Å². The molecule has 0 spiro atoms. The highest BCUT2D eigenvalue weighted by atomic mass is 19.1. The maximum absolute atomic E-state index is 11.6. The van der Waals surface area contributed by atoms with Crippen LogP contribution in [0.25, 0.3) is 0 Å². The summed E-state index contributed by atoms with van der Waals surface area (Å²) in [7, 11) is 0. The van der Waals surface area contributed by atoms with E-state index in [1.165, 1.54) is 0 Å². The summed E-state index contributed by atoms with van der Waals surface area (Å²) in [5.74, 6) is 0. The molecule has 0 aromatic rings. The van der Waals surface area contributed by atoms with Crippen molar-refractivity contribution in [3.05, 3.63) is 0 Å². The van der Waals surface area contributed by atoms with Gasteiger partial charge in [-0.2, -0.15) is 0 Å². The lowest BCUT2D eigenvalue weighted by molar-refractivity contribution is -0.0358. The molecule has 0 radical (unpaired) electrons. The van der Waals surface area contributed by atoms with Crippen LogP contribution in [0.5, 0.6) is 0 Å². The lowest BCUT2D eigenvalue weighted by atomic mass is 10.2. The molecule has 4 heteroatoms. The van der Waals surface area contributed by atoms with Crippen LogP contribution in [0.1, 0.15) is 0 Å². The Morgan fingerprint density at radius 3 is 2.80 bits per heavy atom. The number of ether oxygens (including phenoxy) is 1. The summed E-state index contributed by atoms with van der Waals surface area (Å²) in [4.78, 5) is 0. The Morgan fingerprint density at radius 1 is 1.70 bits per heavy atom. The second kappa shape index (κ2) is 3.85. The lowest BCUT2D eigenvalue weighted by Gasteiger charge is -2.27. The fourth-order valence-corrected chi connectivity index (χ4v) is 0.672. The van der Waals surface area contributed by atoms with Crippen molar-refractivity contribution in [1.29, 1.82) is 0 Å². The van der Waals surface area contributed by atoms with Gasteiger partial charge in [-0.25, -0.2) is 4.39 Å². The molecule has 1 saturated heterocycles. The first-order chi connectivity index (χ1) is 4.83. The molecule has 1 unspecified atom stereocenters. The van der Waals surface area contributed by atoms with E-state index in [2.05, 4.69) is 5.32 Å². The largest absolute Gasteiger partial charge is 0.388 e. The van der Waals surface area contributed by atoms with Crippen LogP contribution in [0, 0.1) is 0 Å². The fourth-order valence-electron chi connectivity index (χ4n) is 0.672. The van der Waals surface area contributed by atoms with E-state index >= 15 is 0 Å². The number of hydrogen-bond donors (Lipinski definition) is 2. The predicted molar refractivity (Wildman–Crippen MR) is 34.6 cm³/mol. The van der Waals surface area contributed by atoms with Gasteiger partial charge in [0.15, 0.2) is 0 Å². The molecule has 0 aliphatic carbocycles. The minimum atomic E-state index is -0.944. The van der Waals surface area contributed by atoms with E-state index in [0.29, 0.717) is 0 Å². The first-order valence-corrected chi connectivity index (χ1v) is 3.39. The van der Waals surface area contributed by atoms with Crippen molar-refractivity contribution in [2.24, 2.45) is 0 Å². The van der Waals surface area contributed by atoms with Gasteiger partial charge in [-0.15, -0.1) is 0 Å². The van der Waals surface area contributed by atoms with Crippen LogP contribution in [0.3, 0.4) is 0 Å². The van der Waals surface area contributed by atoms with Crippen molar-refractivity contribution in [2.45, 2.75) is 12.2 Å². The molecule has 2 N–H and O–H groups in total. The van der Waals surface area contributed by atoms with Gasteiger partial charge in [0.05, 0.1) is 12.7 Å². The van der Waals surface area contributed by atoms with Gasteiger partial charge < -0.3 is 15.2 Å². The van der Waals surface area contributed by atoms with E-state index in [1.54, 1.807) is 0 Å². The minimum absolute atomic E-state index is 0.114. The van der Waals surface area contributed by atoms with Gasteiger partial charge >= 0.3 is 0 Å². The molecule has 0 amide bonds. The van der Waals surface area contributed by atoms with Crippen LogP contribution >= 0.6 is 0 Å². The lowest BCUT2D eigenvalue weighted by Crippen LogP contribution is -2.49. The highest BCUT2D eigenvalue weighted by molar-refractivity contribution is 4.75. The molecule has 1 aliphatic heterocycles. The number of aliphatic hydroxyl groups is 1. The second-order valence-electron chi connectivity index (χ2n) is 2.42. The van der Waals surface area contributed by atoms with E-state index < -0.39 is 12.8 Å². The average molecular weight is 149 g/mol. The first-order valence-electron chi connectivity index (χ1n) is 3.39. The van der Waals surface area contributed by atoms with Crippen molar-refractivity contribution >= 4 is 0 Å². The topological polar surface area (TPSA) is 41.5 Å². The minimum Gasteiger partial charge on any atom is -0.388 e. The summed E-state index contributed by atoms with van der Waals surface area (Å²) in [5.41, 5.74) is 0. The van der Waals surface area contributed by atoms with Gasteiger partial charge in [0.1, 0.15) is 12.8 Å². The summed E-state index contributed by atoms with van der Waals surface area (Å²) in [6.07, 6.45) is -0.762. The number of hydrogen-bond acceptors (Lipinski definition) is 3. The first kappa shape index (κ1) is 7.91. The molecule has 1 atom stereocenters. The molecule has 10 heavy (non-hydrogen) atoms. The predicted octanol–water partition coefficient (Wildman–Crippen LogP) is -0.695. The summed E-state index contributed by atoms with van der Waals surface area (Å²) >= 11 is 0. The van der Waals surface area contributed by atoms with E-state index in [-0.39, 0.29) is 12.7 Å². The van der Waals surface area contributed by atoms with E-state index in [9.17, 15) is 4.39 Å². The zero-order valence-corrected chi connectivity index (χ0v) is 5.72. The molecular weight excluding hydrogens is 137 g/mol. The molecule has 60 valence electrons. The van der Waals surface area contributed by atoms with E-state index in [1.807, 2.05) is 0 Å². The Labute approximate surface area is 59.2 Å². The average Bonchev–Trinajstić information content (AvgIpc) is 1.84. The van der Waals surface area contributed by atoms with Gasteiger partial charge in [-0.1, -0.05) is 0 Å². The fraction of sp³-hybridized carbons (Fsp3) is 1.00. The number of aliphatic hydroxyl groups excluding tert-OH is 1. The standard InChI is InChI=1S/C6H12FNO2/c7-1-5(9)4-10-6-2-8-3-6/h5-6,8-9H,1-4H2. The summed E-state index contributed by atoms with van der Waals surface area (Å²) in [5, 5.41) is 11.7. The highest BCUT2D eigenvalue weighted by Gasteiger charge is 2.18. The third kappa shape index (κ3) is 2.21. The third-order valence-electron chi connectivity index (χ3n) is 1.45. The number of halogens is 1. The van der Waals surface area contributed by atoms with Crippen molar-refractivity contribution in [3.63, 3.8) is 0 Å². The molecule has 1 fully saturated rings. The monoisotopic (exact) mass is 149 g/mol. The molecule has 3 nitrogen and oxygen atoms in total. The molecule has 1 aliphatic rings. The Morgan fingerprint density at radius 2 is 2.40 bits per heavy atom. The van der Waals surface area contributed by atoms with Crippen LogP contribution in [-0.2, 0) is 4.74 Å². The molecule has 0 aromatic heterocycles. The summed E-state index contributed by atoms with van der Waals surface area (Å²) < 4.78 is 16.7. The zero-order valence-electron chi connectivity index (χ0n) is 5.72. The van der Waals surface area contributed by atoms with E-state index in [4.69, 9.17) is 9.84 Å². The molecule has 0 saturated carbocycles. The normalized spacial score (nSPS) is 22.2. The van der Waals surface area contributed by atoms with Gasteiger partial charge in [0.25, 0.3) is 0 Å². The highest BCUT2D eigenvalue weighted by Crippen LogP contribution is 1.98. The number of nitrogens with one attached hydrogen (secondary N) is 1. The van der Waals surface area contributed by atoms with Crippen molar-refractivity contribution in [2.75, 3.05) is 26.4 Å². The SMILES string of the molecule is OC(CF)COC1CNC1. The van der Waals surface area contributed by atoms with Gasteiger partial charge in [0.2, 0.25) is 0 Å². The van der Waals surface area contributed by atoms with Crippen LogP contribution < -0.4 is 5.32 Å². The quantitative estimate of drug-likeness (QED) is 0.555. The van der Waals surface area contributed by atoms with Crippen molar-refractivity contribution < 1.29 is 14.2 Å². The number of rotatable bonds is 4. The van der Waals surface area contributed by atoms with Crippen LogP contribution in [0.4, 0.5) is 4.39 Å². The molecule has 1 heterocycles. The van der Waals surface area contributed by atoms with Gasteiger partial charge in [0, 0.05) is 13.1 Å². The summed E-state index contributed by atoms with van der Waals surface area (Å²) in [6, 6.07) is 0. The molecule has 1 rings (SSSR count). The second-order valence-corrected chi connectivity index (χ2v) is 2.42. The zero-order chi connectivity index (χ0) is 7.40. The van der Waals surface area contributed by atoms with Crippen LogP contribution in [0.2, 0.25) is 0 Å². The Kier molecular flexibility index (Phi) is 3.05. The van der Waals surface area contributed by atoms with E-state index in [0.717, 1.165) is 13.1 Å². The smallest absolute Gasteiger partial charge is 0.118 e. The molecular formula is C6H12FNO2. The Bertz CT molecular complexity index is 93.0.